The van der Waals surface area contributed by atoms with Gasteiger partial charge in [-0.25, -0.2) is 5.10 Å². The number of nitrogens with zero attached hydrogens (tertiary/aromatic N) is 2. The Hall–Kier alpha value is -2.30. The molecule has 0 radical (unpaired) electrons. The van der Waals surface area contributed by atoms with Crippen molar-refractivity contribution in [2.24, 2.45) is 5.92 Å². The van der Waals surface area contributed by atoms with Gasteiger partial charge in [-0.15, -0.1) is 5.10 Å². The second-order valence-corrected chi connectivity index (χ2v) is 3.63. The molecular weight excluding hydrogens is 206 g/mol. The summed E-state index contributed by atoms with van der Waals surface area (Å²) >= 11 is 0. The molecule has 1 N–H and O–H groups in total. The molecule has 1 aromatic heterocycles. The van der Waals surface area contributed by atoms with E-state index in [-0.39, 0.29) is 17.3 Å². The van der Waals surface area contributed by atoms with Gasteiger partial charge in [-0.1, -0.05) is 29.5 Å². The largest absolute Gasteiger partial charge is 0.293 e. The standard InChI is InChI=1S/C11H7N3O2/c15-10-7-4-2-1-3-6(7)5-8-9(10)11(16)13-14-12-8/h1-5,7H,(H,12,13,16). The first-order chi connectivity index (χ1) is 7.77. The minimum absolute atomic E-state index is 0.101. The number of aromatic amines is 1. The van der Waals surface area contributed by atoms with Crippen LogP contribution in [0.15, 0.2) is 34.7 Å². The van der Waals surface area contributed by atoms with Crippen LogP contribution < -0.4 is 5.56 Å². The molecule has 5 heteroatoms. The lowest BCUT2D eigenvalue weighted by molar-refractivity contribution is 0.0957. The zero-order chi connectivity index (χ0) is 11.1. The Morgan fingerprint density at radius 1 is 1.25 bits per heavy atom. The summed E-state index contributed by atoms with van der Waals surface area (Å²) in [5, 5.41) is 9.38. The third-order valence-corrected chi connectivity index (χ3v) is 2.69. The normalized spacial score (nSPS) is 21.4. The number of carbonyl (C=O) groups is 1. The van der Waals surface area contributed by atoms with Crippen molar-refractivity contribution in [3.8, 4) is 0 Å². The lowest BCUT2D eigenvalue weighted by Crippen LogP contribution is -2.30. The van der Waals surface area contributed by atoms with Gasteiger partial charge in [0.2, 0.25) is 0 Å². The Kier molecular flexibility index (Phi) is 1.73. The average Bonchev–Trinajstić information content (AvgIpc) is 2.29. The van der Waals surface area contributed by atoms with Gasteiger partial charge in [0, 0.05) is 0 Å². The molecule has 0 aromatic carbocycles. The van der Waals surface area contributed by atoms with E-state index in [9.17, 15) is 9.59 Å². The monoisotopic (exact) mass is 213 g/mol. The van der Waals surface area contributed by atoms with Crippen LogP contribution >= 0.6 is 0 Å². The zero-order valence-electron chi connectivity index (χ0n) is 8.18. The van der Waals surface area contributed by atoms with Crippen molar-refractivity contribution in [2.75, 3.05) is 0 Å². The van der Waals surface area contributed by atoms with Crippen LogP contribution in [-0.2, 0) is 0 Å². The van der Waals surface area contributed by atoms with Gasteiger partial charge in [-0.05, 0) is 11.6 Å². The van der Waals surface area contributed by atoms with Crippen molar-refractivity contribution in [3.63, 3.8) is 0 Å². The summed E-state index contributed by atoms with van der Waals surface area (Å²) in [5.41, 5.74) is 0.816. The van der Waals surface area contributed by atoms with Crippen molar-refractivity contribution in [2.45, 2.75) is 0 Å². The van der Waals surface area contributed by atoms with E-state index in [0.29, 0.717) is 5.69 Å². The zero-order valence-corrected chi connectivity index (χ0v) is 8.18. The fraction of sp³-hybridized carbons (Fsp3) is 0.0909. The van der Waals surface area contributed by atoms with Crippen LogP contribution in [0, 0.1) is 5.92 Å². The second-order valence-electron chi connectivity index (χ2n) is 3.63. The Morgan fingerprint density at radius 2 is 2.12 bits per heavy atom. The van der Waals surface area contributed by atoms with Gasteiger partial charge in [-0.3, -0.25) is 9.59 Å². The molecule has 1 atom stereocenters. The summed E-state index contributed by atoms with van der Waals surface area (Å²) < 4.78 is 0. The number of ketones is 1. The molecule has 2 aliphatic rings. The van der Waals surface area contributed by atoms with Gasteiger partial charge in [-0.2, -0.15) is 0 Å². The average molecular weight is 213 g/mol. The molecule has 78 valence electrons. The minimum Gasteiger partial charge on any atom is -0.293 e. The quantitative estimate of drug-likeness (QED) is 0.680. The molecule has 3 rings (SSSR count). The lowest BCUT2D eigenvalue weighted by Gasteiger charge is -2.20. The summed E-state index contributed by atoms with van der Waals surface area (Å²) in [6, 6.07) is 0. The van der Waals surface area contributed by atoms with Crippen LogP contribution in [0.2, 0.25) is 0 Å². The summed E-state index contributed by atoms with van der Waals surface area (Å²) in [7, 11) is 0. The number of hydrogen-bond acceptors (Lipinski definition) is 4. The third kappa shape index (κ3) is 1.11. The molecule has 2 aliphatic carbocycles. The predicted molar refractivity (Wildman–Crippen MR) is 56.7 cm³/mol. The lowest BCUT2D eigenvalue weighted by atomic mass is 9.82. The number of hydrogen-bond donors (Lipinski definition) is 1. The number of nitrogens with one attached hydrogen (secondary N) is 1. The Morgan fingerprint density at radius 3 is 3.00 bits per heavy atom. The van der Waals surface area contributed by atoms with Crippen LogP contribution in [0.3, 0.4) is 0 Å². The van der Waals surface area contributed by atoms with Crippen LogP contribution in [0.4, 0.5) is 0 Å². The number of aromatic nitrogens is 3. The van der Waals surface area contributed by atoms with E-state index in [2.05, 4.69) is 15.4 Å². The molecule has 0 bridgehead atoms. The van der Waals surface area contributed by atoms with E-state index in [4.69, 9.17) is 0 Å². The number of allylic oxidation sites excluding steroid dienone is 5. The fourth-order valence-corrected chi connectivity index (χ4v) is 1.93. The highest BCUT2D eigenvalue weighted by molar-refractivity contribution is 6.06. The SMILES string of the molecule is O=C1c2c(nn[nH]c2=O)C=C2C=CC=CC12. The van der Waals surface area contributed by atoms with E-state index >= 15 is 0 Å². The van der Waals surface area contributed by atoms with Gasteiger partial charge in [0.05, 0.1) is 5.92 Å². The van der Waals surface area contributed by atoms with Crippen LogP contribution in [0.25, 0.3) is 6.08 Å². The maximum atomic E-state index is 12.1. The number of carbonyl (C=O) groups excluding carboxylic acids is 1. The van der Waals surface area contributed by atoms with Crippen molar-refractivity contribution < 1.29 is 4.79 Å². The summed E-state index contributed by atoms with van der Waals surface area (Å²) in [6.45, 7) is 0. The topological polar surface area (TPSA) is 75.7 Å². The number of rotatable bonds is 0. The van der Waals surface area contributed by atoms with Crippen LogP contribution in [0.1, 0.15) is 16.1 Å². The van der Waals surface area contributed by atoms with Gasteiger partial charge in [0.1, 0.15) is 11.3 Å². The fourth-order valence-electron chi connectivity index (χ4n) is 1.93. The Bertz CT molecular complexity index is 622. The van der Waals surface area contributed by atoms with E-state index in [1.807, 2.05) is 12.2 Å². The molecular formula is C11H7N3O2. The Labute approximate surface area is 90.2 Å². The van der Waals surface area contributed by atoms with E-state index in [0.717, 1.165) is 5.57 Å². The maximum Gasteiger partial charge on any atom is 0.278 e. The summed E-state index contributed by atoms with van der Waals surface area (Å²) in [6.07, 6.45) is 8.99. The molecule has 0 spiro atoms. The first-order valence-electron chi connectivity index (χ1n) is 4.83. The number of Topliss-reactive ketones (excluding diaryl/α,β-unsaturated/α-hetero) is 1. The summed E-state index contributed by atoms with van der Waals surface area (Å²) in [4.78, 5) is 23.6. The highest BCUT2D eigenvalue weighted by Gasteiger charge is 2.30. The summed E-state index contributed by atoms with van der Waals surface area (Å²) in [5.74, 6) is -0.577. The number of H-pyrrole nitrogens is 1. The van der Waals surface area contributed by atoms with Crippen molar-refractivity contribution in [1.29, 1.82) is 0 Å². The Balaban J connectivity index is 2.31. The van der Waals surface area contributed by atoms with Crippen LogP contribution in [-0.4, -0.2) is 21.2 Å². The second kappa shape index (κ2) is 3.10. The molecule has 1 aromatic rings. The molecule has 0 fully saturated rings. The third-order valence-electron chi connectivity index (χ3n) is 2.69. The molecule has 0 aliphatic heterocycles. The molecule has 0 saturated heterocycles. The molecule has 1 heterocycles. The molecule has 0 saturated carbocycles. The first-order valence-corrected chi connectivity index (χ1v) is 4.83. The smallest absolute Gasteiger partial charge is 0.278 e. The number of fused-ring (bicyclic) bond motifs is 2. The highest BCUT2D eigenvalue weighted by atomic mass is 16.1. The van der Waals surface area contributed by atoms with E-state index in [1.54, 1.807) is 18.2 Å². The van der Waals surface area contributed by atoms with Gasteiger partial charge in [0.15, 0.2) is 5.78 Å². The minimum atomic E-state index is -0.478. The van der Waals surface area contributed by atoms with Crippen molar-refractivity contribution in [3.05, 3.63) is 51.5 Å². The molecule has 1 unspecified atom stereocenters. The predicted octanol–water partition coefficient (Wildman–Crippen LogP) is 0.487. The molecule has 16 heavy (non-hydrogen) atoms. The maximum absolute atomic E-state index is 12.1. The molecule has 5 nitrogen and oxygen atoms in total. The van der Waals surface area contributed by atoms with Crippen LogP contribution in [0.5, 0.6) is 0 Å². The van der Waals surface area contributed by atoms with Crippen molar-refractivity contribution in [1.82, 2.24) is 15.4 Å². The van der Waals surface area contributed by atoms with E-state index in [1.165, 1.54) is 0 Å². The first kappa shape index (κ1) is 8.96. The highest BCUT2D eigenvalue weighted by Crippen LogP contribution is 2.29. The van der Waals surface area contributed by atoms with Gasteiger partial charge in [0.25, 0.3) is 5.56 Å². The van der Waals surface area contributed by atoms with Gasteiger partial charge < -0.3 is 0 Å². The van der Waals surface area contributed by atoms with Gasteiger partial charge >= 0.3 is 0 Å². The van der Waals surface area contributed by atoms with E-state index < -0.39 is 5.56 Å². The van der Waals surface area contributed by atoms with Crippen molar-refractivity contribution >= 4 is 11.9 Å². The molecule has 0 amide bonds.